The number of carbonyl (C=O) groups is 2. The lowest BCUT2D eigenvalue weighted by Gasteiger charge is -2.27. The van der Waals surface area contributed by atoms with Gasteiger partial charge in [-0.05, 0) is 47.1 Å². The van der Waals surface area contributed by atoms with Crippen molar-refractivity contribution < 1.29 is 19.1 Å². The number of hydrogen-bond donors (Lipinski definition) is 1. The van der Waals surface area contributed by atoms with E-state index in [0.717, 1.165) is 11.1 Å². The minimum absolute atomic E-state index is 0.0327. The van der Waals surface area contributed by atoms with Gasteiger partial charge in [0.05, 0.1) is 0 Å². The van der Waals surface area contributed by atoms with E-state index in [1.54, 1.807) is 24.3 Å². The van der Waals surface area contributed by atoms with Gasteiger partial charge in [-0.25, -0.2) is 0 Å². The normalized spacial score (nSPS) is 14.6. The van der Waals surface area contributed by atoms with Crippen LogP contribution in [0.15, 0.2) is 97.1 Å². The molecule has 2 amide bonds. The fourth-order valence-electron chi connectivity index (χ4n) is 3.48. The van der Waals surface area contributed by atoms with E-state index in [0.29, 0.717) is 30.3 Å². The van der Waals surface area contributed by atoms with Gasteiger partial charge in [0.2, 0.25) is 0 Å². The molecule has 1 aliphatic rings. The van der Waals surface area contributed by atoms with Gasteiger partial charge in [0.15, 0.2) is 5.11 Å². The van der Waals surface area contributed by atoms with Gasteiger partial charge in [0.25, 0.3) is 11.8 Å². The number of benzene rings is 3. The molecule has 1 heterocycles. The van der Waals surface area contributed by atoms with E-state index in [-0.39, 0.29) is 17.2 Å². The van der Waals surface area contributed by atoms with Crippen LogP contribution in [0.2, 0.25) is 0 Å². The summed E-state index contributed by atoms with van der Waals surface area (Å²) in [6.45, 7) is 4.56. The molecule has 0 saturated carbocycles. The molecule has 6 nitrogen and oxygen atoms in total. The predicted octanol–water partition coefficient (Wildman–Crippen LogP) is 4.66. The van der Waals surface area contributed by atoms with Crippen LogP contribution >= 0.6 is 12.2 Å². The SMILES string of the molecule is C=CCN1C(=O)/C(=C/c2cc(OCc3ccccc3)cc(OCc3ccccc3)c2)C(=O)NC1=S. The molecular weight excluding hydrogens is 460 g/mol. The summed E-state index contributed by atoms with van der Waals surface area (Å²) in [5, 5.41) is 2.62. The van der Waals surface area contributed by atoms with Gasteiger partial charge in [-0.15, -0.1) is 6.58 Å². The van der Waals surface area contributed by atoms with Gasteiger partial charge in [0, 0.05) is 12.6 Å². The average molecular weight is 485 g/mol. The Hall–Kier alpha value is -4.23. The second-order valence-electron chi connectivity index (χ2n) is 7.81. The number of carbonyl (C=O) groups excluding carboxylic acids is 2. The van der Waals surface area contributed by atoms with E-state index >= 15 is 0 Å². The van der Waals surface area contributed by atoms with Gasteiger partial charge in [-0.1, -0.05) is 66.7 Å². The molecule has 0 bridgehead atoms. The molecule has 35 heavy (non-hydrogen) atoms. The number of rotatable bonds is 9. The van der Waals surface area contributed by atoms with E-state index in [4.69, 9.17) is 21.7 Å². The average Bonchev–Trinajstić information content (AvgIpc) is 2.88. The van der Waals surface area contributed by atoms with Crippen LogP contribution in [0.1, 0.15) is 16.7 Å². The molecule has 4 rings (SSSR count). The van der Waals surface area contributed by atoms with Crippen LogP contribution in [-0.4, -0.2) is 28.4 Å². The fourth-order valence-corrected chi connectivity index (χ4v) is 3.73. The van der Waals surface area contributed by atoms with Gasteiger partial charge in [-0.2, -0.15) is 0 Å². The van der Waals surface area contributed by atoms with Crippen molar-refractivity contribution in [3.63, 3.8) is 0 Å². The molecule has 1 saturated heterocycles. The number of nitrogens with one attached hydrogen (secondary N) is 1. The highest BCUT2D eigenvalue weighted by atomic mass is 32.1. The summed E-state index contributed by atoms with van der Waals surface area (Å²) in [6, 6.07) is 24.9. The number of thiocarbonyl (C=S) groups is 1. The van der Waals surface area contributed by atoms with Crippen molar-refractivity contribution in [3.8, 4) is 11.5 Å². The molecule has 0 atom stereocenters. The summed E-state index contributed by atoms with van der Waals surface area (Å²) in [5.41, 5.74) is 2.58. The van der Waals surface area contributed by atoms with Crippen LogP contribution in [0.5, 0.6) is 11.5 Å². The monoisotopic (exact) mass is 484 g/mol. The van der Waals surface area contributed by atoms with Crippen molar-refractivity contribution in [1.29, 1.82) is 0 Å². The van der Waals surface area contributed by atoms with Crippen LogP contribution < -0.4 is 14.8 Å². The zero-order valence-electron chi connectivity index (χ0n) is 19.0. The Balaban J connectivity index is 1.63. The van der Waals surface area contributed by atoms with Crippen molar-refractivity contribution in [3.05, 3.63) is 114 Å². The number of nitrogens with zero attached hydrogens (tertiary/aromatic N) is 1. The molecule has 7 heteroatoms. The van der Waals surface area contributed by atoms with Crippen molar-refractivity contribution in [1.82, 2.24) is 10.2 Å². The number of amides is 2. The quantitative estimate of drug-likeness (QED) is 0.207. The van der Waals surface area contributed by atoms with E-state index in [1.165, 1.54) is 11.0 Å². The first-order valence-electron chi connectivity index (χ1n) is 11.0. The lowest BCUT2D eigenvalue weighted by Crippen LogP contribution is -2.53. The standard InChI is InChI=1S/C28H24N2O4S/c1-2-13-30-27(32)25(26(31)29-28(30)35)16-22-14-23(33-18-20-9-5-3-6-10-20)17-24(15-22)34-19-21-11-7-4-8-12-21/h2-12,14-17H,1,13,18-19H2,(H,29,31,35)/b25-16+. The van der Waals surface area contributed by atoms with Crippen molar-refractivity contribution in [2.24, 2.45) is 0 Å². The van der Waals surface area contributed by atoms with Crippen LogP contribution in [0.3, 0.4) is 0 Å². The summed E-state index contributed by atoms with van der Waals surface area (Å²) in [6.07, 6.45) is 3.06. The third-order valence-electron chi connectivity index (χ3n) is 5.21. The zero-order valence-corrected chi connectivity index (χ0v) is 19.8. The first-order chi connectivity index (χ1) is 17.0. The van der Waals surface area contributed by atoms with Gasteiger partial charge in [0.1, 0.15) is 30.3 Å². The zero-order chi connectivity index (χ0) is 24.6. The van der Waals surface area contributed by atoms with E-state index in [1.807, 2.05) is 60.7 Å². The highest BCUT2D eigenvalue weighted by molar-refractivity contribution is 7.80. The number of ether oxygens (including phenoxy) is 2. The predicted molar refractivity (Wildman–Crippen MR) is 139 cm³/mol. The van der Waals surface area contributed by atoms with Crippen molar-refractivity contribution in [2.75, 3.05) is 6.54 Å². The first kappa shape index (κ1) is 23.9. The minimum atomic E-state index is -0.553. The molecule has 0 aromatic heterocycles. The Kier molecular flexibility index (Phi) is 7.70. The highest BCUT2D eigenvalue weighted by Gasteiger charge is 2.32. The lowest BCUT2D eigenvalue weighted by molar-refractivity contribution is -0.128. The van der Waals surface area contributed by atoms with Gasteiger partial charge >= 0.3 is 0 Å². The first-order valence-corrected chi connectivity index (χ1v) is 11.4. The smallest absolute Gasteiger partial charge is 0.265 e. The minimum Gasteiger partial charge on any atom is -0.489 e. The van der Waals surface area contributed by atoms with Crippen LogP contribution in [0.4, 0.5) is 0 Å². The van der Waals surface area contributed by atoms with E-state index < -0.39 is 11.8 Å². The Morgan fingerprint density at radius 2 is 1.40 bits per heavy atom. The Labute approximate surface area is 209 Å². The lowest BCUT2D eigenvalue weighted by atomic mass is 10.1. The van der Waals surface area contributed by atoms with E-state index in [9.17, 15) is 9.59 Å². The van der Waals surface area contributed by atoms with Crippen molar-refractivity contribution >= 4 is 35.2 Å². The molecule has 3 aromatic carbocycles. The van der Waals surface area contributed by atoms with Gasteiger partial charge in [-0.3, -0.25) is 19.8 Å². The third kappa shape index (κ3) is 6.22. The molecular formula is C28H24N2O4S. The molecule has 0 radical (unpaired) electrons. The maximum atomic E-state index is 12.9. The van der Waals surface area contributed by atoms with E-state index in [2.05, 4.69) is 11.9 Å². The van der Waals surface area contributed by atoms with Crippen molar-refractivity contribution in [2.45, 2.75) is 13.2 Å². The summed E-state index contributed by atoms with van der Waals surface area (Å²) in [5.74, 6) is 0.0606. The Bertz CT molecular complexity index is 1210. The third-order valence-corrected chi connectivity index (χ3v) is 5.53. The highest BCUT2D eigenvalue weighted by Crippen LogP contribution is 2.27. The molecule has 3 aromatic rings. The summed E-state index contributed by atoms with van der Waals surface area (Å²) in [4.78, 5) is 26.8. The number of hydrogen-bond acceptors (Lipinski definition) is 5. The molecule has 1 aliphatic heterocycles. The van der Waals surface area contributed by atoms with Crippen LogP contribution in [0, 0.1) is 0 Å². The summed E-state index contributed by atoms with van der Waals surface area (Å²) >= 11 is 5.13. The Morgan fingerprint density at radius 3 is 1.91 bits per heavy atom. The van der Waals surface area contributed by atoms with Gasteiger partial charge < -0.3 is 9.47 Å². The second-order valence-corrected chi connectivity index (χ2v) is 8.19. The largest absolute Gasteiger partial charge is 0.489 e. The molecule has 0 spiro atoms. The Morgan fingerprint density at radius 1 is 0.857 bits per heavy atom. The molecule has 1 N–H and O–H groups in total. The molecule has 0 unspecified atom stereocenters. The summed E-state index contributed by atoms with van der Waals surface area (Å²) < 4.78 is 12.0. The fraction of sp³-hybridized carbons (Fsp3) is 0.107. The second kappa shape index (κ2) is 11.3. The molecule has 176 valence electrons. The maximum absolute atomic E-state index is 12.9. The van der Waals surface area contributed by atoms with Crippen LogP contribution in [0.25, 0.3) is 6.08 Å². The topological polar surface area (TPSA) is 67.9 Å². The van der Waals surface area contributed by atoms with Crippen LogP contribution in [-0.2, 0) is 22.8 Å². The summed E-state index contributed by atoms with van der Waals surface area (Å²) in [7, 11) is 0. The maximum Gasteiger partial charge on any atom is 0.265 e. The molecule has 0 aliphatic carbocycles. The molecule has 1 fully saturated rings.